The van der Waals surface area contributed by atoms with Gasteiger partial charge in [0, 0.05) is 5.56 Å². The van der Waals surface area contributed by atoms with E-state index >= 15 is 0 Å². The van der Waals surface area contributed by atoms with E-state index in [9.17, 15) is 13.7 Å². The van der Waals surface area contributed by atoms with Crippen LogP contribution in [-0.2, 0) is 9.84 Å². The molecule has 0 aliphatic heterocycles. The van der Waals surface area contributed by atoms with E-state index in [4.69, 9.17) is 11.5 Å². The highest BCUT2D eigenvalue weighted by Crippen LogP contribution is 2.33. The molecule has 0 spiro atoms. The summed E-state index contributed by atoms with van der Waals surface area (Å²) < 4.78 is 26.0. The second-order valence-corrected chi connectivity index (χ2v) is 7.03. The smallest absolute Gasteiger partial charge is 0.222 e. The van der Waals surface area contributed by atoms with Crippen molar-refractivity contribution in [2.75, 3.05) is 11.5 Å². The number of anilines is 2. The van der Waals surface area contributed by atoms with Crippen molar-refractivity contribution in [3.8, 4) is 17.3 Å². The highest BCUT2D eigenvalue weighted by Gasteiger charge is 2.24. The van der Waals surface area contributed by atoms with Crippen molar-refractivity contribution in [3.05, 3.63) is 60.2 Å². The van der Waals surface area contributed by atoms with Gasteiger partial charge in [-0.15, -0.1) is 0 Å². The molecule has 0 fully saturated rings. The lowest BCUT2D eigenvalue weighted by Crippen LogP contribution is -2.08. The van der Waals surface area contributed by atoms with Crippen LogP contribution in [0.1, 0.15) is 5.56 Å². The Kier molecular flexibility index (Phi) is 4.09. The zero-order valence-electron chi connectivity index (χ0n) is 12.9. The fraction of sp³-hybridized carbons (Fsp3) is 0. The topological polar surface area (TPSA) is 136 Å². The number of sulfone groups is 1. The summed E-state index contributed by atoms with van der Waals surface area (Å²) in [4.78, 5) is 7.94. The van der Waals surface area contributed by atoms with Gasteiger partial charge in [-0.1, -0.05) is 36.4 Å². The van der Waals surface area contributed by atoms with E-state index in [-0.39, 0.29) is 38.4 Å². The standard InChI is InChI=1S/C17H13N5O2S/c18-10-13-15(21-17(20)22-16(13)19)12-8-4-5-9-14(12)25(23,24)11-6-2-1-3-7-11/h1-9H,(H4,19,20,21,22). The number of aromatic nitrogens is 2. The van der Waals surface area contributed by atoms with E-state index < -0.39 is 9.84 Å². The summed E-state index contributed by atoms with van der Waals surface area (Å²) in [5.74, 6) is -0.240. The number of hydrogen-bond acceptors (Lipinski definition) is 7. The second-order valence-electron chi connectivity index (χ2n) is 5.12. The van der Waals surface area contributed by atoms with E-state index in [1.165, 1.54) is 18.2 Å². The van der Waals surface area contributed by atoms with Crippen LogP contribution in [0.15, 0.2) is 64.4 Å². The summed E-state index contributed by atoms with van der Waals surface area (Å²) in [5, 5.41) is 9.36. The lowest BCUT2D eigenvalue weighted by atomic mass is 10.1. The number of rotatable bonds is 3. The molecule has 3 rings (SSSR count). The molecule has 0 unspecified atom stereocenters. The first-order valence-corrected chi connectivity index (χ1v) is 8.66. The van der Waals surface area contributed by atoms with Gasteiger partial charge in [0.25, 0.3) is 0 Å². The maximum atomic E-state index is 13.0. The molecule has 0 amide bonds. The van der Waals surface area contributed by atoms with Crippen LogP contribution in [0.3, 0.4) is 0 Å². The Bertz CT molecular complexity index is 1090. The number of hydrogen-bond donors (Lipinski definition) is 2. The third kappa shape index (κ3) is 2.88. The summed E-state index contributed by atoms with van der Waals surface area (Å²) in [6, 6.07) is 16.2. The average Bonchev–Trinajstić information content (AvgIpc) is 2.62. The molecule has 2 aromatic carbocycles. The molecule has 25 heavy (non-hydrogen) atoms. The lowest BCUT2D eigenvalue weighted by molar-refractivity contribution is 0.596. The maximum Gasteiger partial charge on any atom is 0.222 e. The molecule has 1 aromatic heterocycles. The Hall–Kier alpha value is -3.44. The quantitative estimate of drug-likeness (QED) is 0.736. The van der Waals surface area contributed by atoms with E-state index in [2.05, 4.69) is 9.97 Å². The van der Waals surface area contributed by atoms with Crippen LogP contribution in [0.2, 0.25) is 0 Å². The first kappa shape index (κ1) is 16.4. The fourth-order valence-electron chi connectivity index (χ4n) is 2.42. The van der Waals surface area contributed by atoms with Gasteiger partial charge in [0.1, 0.15) is 17.5 Å². The Labute approximate surface area is 144 Å². The number of benzene rings is 2. The second kappa shape index (κ2) is 6.22. The van der Waals surface area contributed by atoms with Crippen molar-refractivity contribution in [2.24, 2.45) is 0 Å². The Morgan fingerprint density at radius 3 is 2.24 bits per heavy atom. The van der Waals surface area contributed by atoms with Gasteiger partial charge >= 0.3 is 0 Å². The molecule has 7 nitrogen and oxygen atoms in total. The maximum absolute atomic E-state index is 13.0. The summed E-state index contributed by atoms with van der Waals surface area (Å²) in [6.45, 7) is 0. The average molecular weight is 351 g/mol. The van der Waals surface area contributed by atoms with E-state index in [1.54, 1.807) is 36.4 Å². The van der Waals surface area contributed by atoms with Gasteiger partial charge in [0.15, 0.2) is 0 Å². The summed E-state index contributed by atoms with van der Waals surface area (Å²) in [7, 11) is -3.82. The molecule has 0 saturated carbocycles. The first-order valence-electron chi connectivity index (χ1n) is 7.17. The zero-order chi connectivity index (χ0) is 18.0. The number of nitrogens with two attached hydrogens (primary N) is 2. The number of nitriles is 1. The number of nitrogens with zero attached hydrogens (tertiary/aromatic N) is 3. The highest BCUT2D eigenvalue weighted by molar-refractivity contribution is 7.91. The SMILES string of the molecule is N#Cc1c(N)nc(N)nc1-c1ccccc1S(=O)(=O)c1ccccc1. The molecule has 0 saturated heterocycles. The molecule has 4 N–H and O–H groups in total. The molecular formula is C17H13N5O2S. The Morgan fingerprint density at radius 2 is 1.56 bits per heavy atom. The Balaban J connectivity index is 2.32. The molecule has 124 valence electrons. The van der Waals surface area contributed by atoms with Crippen molar-refractivity contribution in [2.45, 2.75) is 9.79 Å². The van der Waals surface area contributed by atoms with Gasteiger partial charge in [0.05, 0.1) is 15.5 Å². The molecule has 8 heteroatoms. The lowest BCUT2D eigenvalue weighted by Gasteiger charge is -2.12. The predicted molar refractivity (Wildman–Crippen MR) is 92.9 cm³/mol. The van der Waals surface area contributed by atoms with Gasteiger partial charge in [-0.25, -0.2) is 13.4 Å². The van der Waals surface area contributed by atoms with E-state index in [0.29, 0.717) is 0 Å². The molecular weight excluding hydrogens is 338 g/mol. The first-order chi connectivity index (χ1) is 11.9. The minimum atomic E-state index is -3.82. The molecule has 0 aliphatic carbocycles. The molecule has 0 atom stereocenters. The van der Waals surface area contributed by atoms with Crippen molar-refractivity contribution >= 4 is 21.6 Å². The van der Waals surface area contributed by atoms with Crippen LogP contribution < -0.4 is 11.5 Å². The predicted octanol–water partition coefficient (Wildman–Crippen LogP) is 2.01. The van der Waals surface area contributed by atoms with Crippen LogP contribution >= 0.6 is 0 Å². The largest absolute Gasteiger partial charge is 0.382 e. The van der Waals surface area contributed by atoms with Crippen molar-refractivity contribution in [3.63, 3.8) is 0 Å². The summed E-state index contributed by atoms with van der Waals surface area (Å²) >= 11 is 0. The van der Waals surface area contributed by atoms with Crippen LogP contribution in [0.5, 0.6) is 0 Å². The Morgan fingerprint density at radius 1 is 0.920 bits per heavy atom. The van der Waals surface area contributed by atoms with Crippen molar-refractivity contribution in [1.82, 2.24) is 9.97 Å². The van der Waals surface area contributed by atoms with Gasteiger partial charge in [-0.05, 0) is 18.2 Å². The minimum Gasteiger partial charge on any atom is -0.382 e. The summed E-state index contributed by atoms with van der Waals surface area (Å²) in [6.07, 6.45) is 0. The van der Waals surface area contributed by atoms with Gasteiger partial charge in [-0.2, -0.15) is 10.2 Å². The van der Waals surface area contributed by atoms with Crippen LogP contribution in [0.25, 0.3) is 11.3 Å². The summed E-state index contributed by atoms with van der Waals surface area (Å²) in [5.41, 5.74) is 11.7. The normalized spacial score (nSPS) is 11.0. The van der Waals surface area contributed by atoms with Crippen molar-refractivity contribution < 1.29 is 8.42 Å². The number of nitrogen functional groups attached to an aromatic ring is 2. The van der Waals surface area contributed by atoms with Crippen molar-refractivity contribution in [1.29, 1.82) is 5.26 Å². The highest BCUT2D eigenvalue weighted by atomic mass is 32.2. The molecule has 0 bridgehead atoms. The zero-order valence-corrected chi connectivity index (χ0v) is 13.7. The minimum absolute atomic E-state index is 0.00944. The van der Waals surface area contributed by atoms with Gasteiger partial charge in [0.2, 0.25) is 15.8 Å². The molecule has 0 aliphatic rings. The molecule has 3 aromatic rings. The third-order valence-corrected chi connectivity index (χ3v) is 5.38. The van der Waals surface area contributed by atoms with Gasteiger partial charge < -0.3 is 11.5 Å². The van der Waals surface area contributed by atoms with Crippen LogP contribution in [0.4, 0.5) is 11.8 Å². The monoisotopic (exact) mass is 351 g/mol. The molecule has 1 heterocycles. The fourth-order valence-corrected chi connectivity index (χ4v) is 3.91. The third-order valence-electron chi connectivity index (χ3n) is 3.55. The molecule has 0 radical (unpaired) electrons. The van der Waals surface area contributed by atoms with E-state index in [1.807, 2.05) is 6.07 Å². The van der Waals surface area contributed by atoms with E-state index in [0.717, 1.165) is 0 Å². The van der Waals surface area contributed by atoms with Gasteiger partial charge in [-0.3, -0.25) is 0 Å². The van der Waals surface area contributed by atoms with Crippen LogP contribution in [-0.4, -0.2) is 18.4 Å². The van der Waals surface area contributed by atoms with Crippen LogP contribution in [0, 0.1) is 11.3 Å².